The van der Waals surface area contributed by atoms with Crippen LogP contribution in [0.4, 0.5) is 18.9 Å². The maximum atomic E-state index is 12.4. The molecule has 2 aromatic rings. The van der Waals surface area contributed by atoms with Crippen LogP contribution in [-0.4, -0.2) is 30.6 Å². The molecule has 2 N–H and O–H groups in total. The number of anilines is 1. The van der Waals surface area contributed by atoms with Gasteiger partial charge in [0.25, 0.3) is 11.8 Å². The van der Waals surface area contributed by atoms with Gasteiger partial charge >= 0.3 is 6.18 Å². The third kappa shape index (κ3) is 7.40. The van der Waals surface area contributed by atoms with E-state index < -0.39 is 18.7 Å². The number of hydrogen-bond donors (Lipinski definition) is 2. The minimum atomic E-state index is -4.39. The van der Waals surface area contributed by atoms with Gasteiger partial charge in [-0.2, -0.15) is 13.2 Å². The Morgan fingerprint density at radius 3 is 2.24 bits per heavy atom. The second-order valence-electron chi connectivity index (χ2n) is 6.58. The van der Waals surface area contributed by atoms with Crippen molar-refractivity contribution in [2.75, 3.05) is 11.9 Å². The molecule has 0 spiro atoms. The topological polar surface area (TPSA) is 67.4 Å². The maximum Gasteiger partial charge on any atom is 0.411 e. The first-order valence-corrected chi connectivity index (χ1v) is 9.08. The predicted octanol–water partition coefficient (Wildman–Crippen LogP) is 4.81. The van der Waals surface area contributed by atoms with E-state index in [0.29, 0.717) is 11.1 Å². The molecule has 0 radical (unpaired) electrons. The molecule has 0 aromatic heterocycles. The van der Waals surface area contributed by atoms with Crippen LogP contribution in [0.2, 0.25) is 5.02 Å². The highest BCUT2D eigenvalue weighted by Crippen LogP contribution is 2.24. The van der Waals surface area contributed by atoms with E-state index in [0.717, 1.165) is 0 Å². The van der Waals surface area contributed by atoms with Crippen molar-refractivity contribution in [2.45, 2.75) is 32.7 Å². The van der Waals surface area contributed by atoms with Crippen LogP contribution >= 0.6 is 11.6 Å². The predicted molar refractivity (Wildman–Crippen MR) is 104 cm³/mol. The maximum absolute atomic E-state index is 12.4. The summed E-state index contributed by atoms with van der Waals surface area (Å²) in [6, 6.07) is 10.4. The molecule has 2 rings (SSSR count). The number of amides is 2. The quantitative estimate of drug-likeness (QED) is 0.665. The van der Waals surface area contributed by atoms with Crippen LogP contribution in [0.5, 0.6) is 0 Å². The van der Waals surface area contributed by atoms with E-state index in [2.05, 4.69) is 15.4 Å². The molecule has 0 aliphatic carbocycles. The van der Waals surface area contributed by atoms with Crippen LogP contribution in [0.25, 0.3) is 0 Å². The molecule has 5 nitrogen and oxygen atoms in total. The van der Waals surface area contributed by atoms with Crippen molar-refractivity contribution in [1.29, 1.82) is 0 Å². The minimum absolute atomic E-state index is 0.0464. The van der Waals surface area contributed by atoms with Gasteiger partial charge in [0.1, 0.15) is 6.61 Å². The Balaban J connectivity index is 2.03. The Bertz CT molecular complexity index is 868. The van der Waals surface area contributed by atoms with E-state index >= 15 is 0 Å². The fraction of sp³-hybridized carbons (Fsp3) is 0.300. The van der Waals surface area contributed by atoms with Crippen LogP contribution in [0.15, 0.2) is 42.5 Å². The van der Waals surface area contributed by atoms with E-state index in [-0.39, 0.29) is 34.8 Å². The SMILES string of the molecule is CC(C)NC(=O)c1ccc(Cl)c(NC(=O)c2ccc(COCC(F)(F)F)cc2)c1. The first kappa shape index (κ1) is 22.7. The Morgan fingerprint density at radius 2 is 1.66 bits per heavy atom. The van der Waals surface area contributed by atoms with Crippen LogP contribution in [0.3, 0.4) is 0 Å². The minimum Gasteiger partial charge on any atom is -0.367 e. The summed E-state index contributed by atoms with van der Waals surface area (Å²) in [4.78, 5) is 24.5. The molecule has 0 saturated heterocycles. The molecule has 0 aliphatic heterocycles. The lowest BCUT2D eigenvalue weighted by Gasteiger charge is -2.12. The lowest BCUT2D eigenvalue weighted by atomic mass is 10.1. The van der Waals surface area contributed by atoms with E-state index in [4.69, 9.17) is 11.6 Å². The highest BCUT2D eigenvalue weighted by Gasteiger charge is 2.27. The largest absolute Gasteiger partial charge is 0.411 e. The van der Waals surface area contributed by atoms with E-state index in [1.807, 2.05) is 13.8 Å². The van der Waals surface area contributed by atoms with Crippen molar-refractivity contribution in [3.63, 3.8) is 0 Å². The average Bonchev–Trinajstić information content (AvgIpc) is 2.62. The van der Waals surface area contributed by atoms with Crippen LogP contribution in [0, 0.1) is 0 Å². The molecule has 29 heavy (non-hydrogen) atoms. The standard InChI is InChI=1S/C20H20ClF3N2O3/c1-12(2)25-19(28)15-7-8-16(21)17(9-15)26-18(27)14-5-3-13(4-6-14)10-29-11-20(22,23)24/h3-9,12H,10-11H2,1-2H3,(H,25,28)(H,26,27). The lowest BCUT2D eigenvalue weighted by molar-refractivity contribution is -0.176. The summed E-state index contributed by atoms with van der Waals surface area (Å²) in [5.74, 6) is -0.772. The number of alkyl halides is 3. The first-order chi connectivity index (χ1) is 13.5. The zero-order chi connectivity index (χ0) is 21.6. The molecule has 0 unspecified atom stereocenters. The van der Waals surface area contributed by atoms with Gasteiger partial charge in [-0.15, -0.1) is 0 Å². The number of carbonyl (C=O) groups excluding carboxylic acids is 2. The van der Waals surface area contributed by atoms with Gasteiger partial charge in [-0.05, 0) is 49.7 Å². The number of halogens is 4. The number of carbonyl (C=O) groups is 2. The van der Waals surface area contributed by atoms with Crippen molar-refractivity contribution < 1.29 is 27.5 Å². The molecule has 0 aliphatic rings. The molecule has 2 amide bonds. The summed E-state index contributed by atoms with van der Waals surface area (Å²) in [6.45, 7) is 2.09. The van der Waals surface area contributed by atoms with Gasteiger partial charge in [0, 0.05) is 17.2 Å². The third-order valence-corrected chi connectivity index (χ3v) is 3.98. The molecular formula is C20H20ClF3N2O3. The molecule has 0 bridgehead atoms. The second-order valence-corrected chi connectivity index (χ2v) is 6.99. The molecule has 0 atom stereocenters. The number of nitrogens with one attached hydrogen (secondary N) is 2. The van der Waals surface area contributed by atoms with E-state index in [1.165, 1.54) is 36.4 Å². The Hall–Kier alpha value is -2.58. The molecular weight excluding hydrogens is 409 g/mol. The van der Waals surface area contributed by atoms with Crippen LogP contribution < -0.4 is 10.6 Å². The molecule has 156 valence electrons. The van der Waals surface area contributed by atoms with Gasteiger partial charge < -0.3 is 15.4 Å². The van der Waals surface area contributed by atoms with Crippen LogP contribution in [0.1, 0.15) is 40.1 Å². The second kappa shape index (κ2) is 9.76. The molecule has 9 heteroatoms. The smallest absolute Gasteiger partial charge is 0.367 e. The van der Waals surface area contributed by atoms with E-state index in [1.54, 1.807) is 6.07 Å². The van der Waals surface area contributed by atoms with E-state index in [9.17, 15) is 22.8 Å². The molecule has 0 saturated carbocycles. The van der Waals surface area contributed by atoms with Gasteiger partial charge in [0.2, 0.25) is 0 Å². The molecule has 0 heterocycles. The van der Waals surface area contributed by atoms with Gasteiger partial charge in [-0.3, -0.25) is 9.59 Å². The van der Waals surface area contributed by atoms with Gasteiger partial charge in [-0.25, -0.2) is 0 Å². The highest BCUT2D eigenvalue weighted by molar-refractivity contribution is 6.34. The Morgan fingerprint density at radius 1 is 1.03 bits per heavy atom. The first-order valence-electron chi connectivity index (χ1n) is 8.70. The van der Waals surface area contributed by atoms with Crippen LogP contribution in [-0.2, 0) is 11.3 Å². The number of hydrogen-bond acceptors (Lipinski definition) is 3. The summed E-state index contributed by atoms with van der Waals surface area (Å²) < 4.78 is 40.9. The highest BCUT2D eigenvalue weighted by atomic mass is 35.5. The molecule has 2 aromatic carbocycles. The number of benzene rings is 2. The van der Waals surface area contributed by atoms with Crippen molar-refractivity contribution in [3.05, 3.63) is 64.2 Å². The summed E-state index contributed by atoms with van der Waals surface area (Å²) in [5, 5.41) is 5.63. The number of ether oxygens (including phenoxy) is 1. The summed E-state index contributed by atoms with van der Waals surface area (Å²) in [6.07, 6.45) is -4.39. The molecule has 0 fully saturated rings. The van der Waals surface area contributed by atoms with Crippen molar-refractivity contribution >= 4 is 29.1 Å². The van der Waals surface area contributed by atoms with Crippen molar-refractivity contribution in [2.24, 2.45) is 0 Å². The Kier molecular flexibility index (Phi) is 7.64. The summed E-state index contributed by atoms with van der Waals surface area (Å²) in [5.41, 5.74) is 1.38. The number of rotatable bonds is 7. The lowest BCUT2D eigenvalue weighted by Crippen LogP contribution is -2.30. The average molecular weight is 429 g/mol. The zero-order valence-electron chi connectivity index (χ0n) is 15.8. The fourth-order valence-electron chi connectivity index (χ4n) is 2.34. The normalized spacial score (nSPS) is 11.4. The third-order valence-electron chi connectivity index (χ3n) is 3.65. The zero-order valence-corrected chi connectivity index (χ0v) is 16.5. The van der Waals surface area contributed by atoms with Gasteiger partial charge in [0.05, 0.1) is 17.3 Å². The van der Waals surface area contributed by atoms with Crippen molar-refractivity contribution in [3.8, 4) is 0 Å². The summed E-state index contributed by atoms with van der Waals surface area (Å²) >= 11 is 6.10. The Labute approximate surface area is 171 Å². The van der Waals surface area contributed by atoms with Gasteiger partial charge in [-0.1, -0.05) is 23.7 Å². The monoisotopic (exact) mass is 428 g/mol. The van der Waals surface area contributed by atoms with Gasteiger partial charge in [0.15, 0.2) is 0 Å². The van der Waals surface area contributed by atoms with Crippen molar-refractivity contribution in [1.82, 2.24) is 5.32 Å². The fourth-order valence-corrected chi connectivity index (χ4v) is 2.50. The summed E-state index contributed by atoms with van der Waals surface area (Å²) in [7, 11) is 0.